The van der Waals surface area contributed by atoms with Crippen LogP contribution in [-0.2, 0) is 16.6 Å². The number of benzene rings is 2. The van der Waals surface area contributed by atoms with E-state index in [4.69, 9.17) is 27.9 Å². The molecule has 0 amide bonds. The van der Waals surface area contributed by atoms with Crippen molar-refractivity contribution in [3.63, 3.8) is 0 Å². The quantitative estimate of drug-likeness (QED) is 0.367. The van der Waals surface area contributed by atoms with Gasteiger partial charge in [0.1, 0.15) is 10.6 Å². The molecule has 168 valence electrons. The molecule has 0 spiro atoms. The van der Waals surface area contributed by atoms with Gasteiger partial charge in [-0.1, -0.05) is 28.3 Å². The molecule has 0 aliphatic rings. The lowest BCUT2D eigenvalue weighted by Gasteiger charge is -2.16. The van der Waals surface area contributed by atoms with E-state index >= 15 is 0 Å². The van der Waals surface area contributed by atoms with Crippen molar-refractivity contribution >= 4 is 44.1 Å². The van der Waals surface area contributed by atoms with Crippen molar-refractivity contribution in [3.05, 3.63) is 64.0 Å². The number of hydrogen-bond donors (Lipinski definition) is 2. The molecular formula is C21H21Cl2N5O3S. The van der Waals surface area contributed by atoms with Gasteiger partial charge in [-0.3, -0.25) is 4.57 Å². The lowest BCUT2D eigenvalue weighted by molar-refractivity contribution is 0.408. The van der Waals surface area contributed by atoms with Gasteiger partial charge >= 0.3 is 6.01 Å². The number of aromatic amines is 1. The van der Waals surface area contributed by atoms with E-state index in [0.717, 1.165) is 10.9 Å². The minimum atomic E-state index is -3.94. The van der Waals surface area contributed by atoms with Gasteiger partial charge < -0.3 is 9.72 Å². The van der Waals surface area contributed by atoms with Gasteiger partial charge in [0.2, 0.25) is 10.0 Å². The van der Waals surface area contributed by atoms with Gasteiger partial charge in [0.25, 0.3) is 0 Å². The van der Waals surface area contributed by atoms with Gasteiger partial charge in [-0.2, -0.15) is 0 Å². The lowest BCUT2D eigenvalue weighted by Crippen LogP contribution is -2.29. The second-order valence-corrected chi connectivity index (χ2v) is 9.79. The summed E-state index contributed by atoms with van der Waals surface area (Å²) in [6, 6.07) is 10.0. The third-order valence-corrected chi connectivity index (χ3v) is 7.43. The summed E-state index contributed by atoms with van der Waals surface area (Å²) in [5.74, 6) is 0.999. The molecule has 0 unspecified atom stereocenters. The highest BCUT2D eigenvalue weighted by Gasteiger charge is 2.26. The highest BCUT2D eigenvalue weighted by Crippen LogP contribution is 2.30. The van der Waals surface area contributed by atoms with E-state index in [1.807, 2.05) is 37.4 Å². The maximum Gasteiger partial charge on any atom is 0.322 e. The molecule has 0 fully saturated rings. The van der Waals surface area contributed by atoms with Gasteiger partial charge in [-0.05, 0) is 62.1 Å². The molecule has 8 nitrogen and oxygen atoms in total. The Hall–Kier alpha value is -2.59. The first-order chi connectivity index (χ1) is 15.2. The van der Waals surface area contributed by atoms with Crippen LogP contribution >= 0.6 is 23.2 Å². The Morgan fingerprint density at radius 2 is 1.94 bits per heavy atom. The minimum absolute atomic E-state index is 0.0426. The summed E-state index contributed by atoms with van der Waals surface area (Å²) in [7, 11) is -3.94. The van der Waals surface area contributed by atoms with E-state index in [9.17, 15) is 8.42 Å². The molecule has 0 saturated carbocycles. The normalized spacial score (nSPS) is 12.9. The number of halogens is 2. The number of H-pyrrole nitrogens is 1. The van der Waals surface area contributed by atoms with Crippen LogP contribution in [0.1, 0.15) is 31.3 Å². The van der Waals surface area contributed by atoms with Crippen molar-refractivity contribution in [2.45, 2.75) is 38.3 Å². The molecule has 2 aromatic heterocycles. The molecule has 0 radical (unpaired) electrons. The molecule has 32 heavy (non-hydrogen) atoms. The minimum Gasteiger partial charge on any atom is -0.424 e. The average molecular weight is 494 g/mol. The van der Waals surface area contributed by atoms with Crippen molar-refractivity contribution in [1.29, 1.82) is 0 Å². The van der Waals surface area contributed by atoms with Crippen molar-refractivity contribution in [2.24, 2.45) is 0 Å². The van der Waals surface area contributed by atoms with Crippen LogP contribution in [0.4, 0.5) is 0 Å². The summed E-state index contributed by atoms with van der Waals surface area (Å²) in [6.07, 6.45) is 1.85. The van der Waals surface area contributed by atoms with Crippen LogP contribution in [0.2, 0.25) is 10.0 Å². The van der Waals surface area contributed by atoms with Crippen molar-refractivity contribution in [3.8, 4) is 11.8 Å². The predicted molar refractivity (Wildman–Crippen MR) is 124 cm³/mol. The summed E-state index contributed by atoms with van der Waals surface area (Å²) in [6.45, 7) is 5.77. The molecule has 2 heterocycles. The largest absolute Gasteiger partial charge is 0.424 e. The Bertz CT molecular complexity index is 1400. The fourth-order valence-electron chi connectivity index (χ4n) is 3.37. The van der Waals surface area contributed by atoms with Crippen LogP contribution in [0.5, 0.6) is 11.8 Å². The van der Waals surface area contributed by atoms with Gasteiger partial charge in [-0.25, -0.2) is 13.1 Å². The Morgan fingerprint density at radius 3 is 2.69 bits per heavy atom. The zero-order valence-electron chi connectivity index (χ0n) is 17.6. The molecule has 0 aliphatic carbocycles. The Balaban J connectivity index is 1.59. The molecule has 2 N–H and O–H groups in total. The summed E-state index contributed by atoms with van der Waals surface area (Å²) < 4.78 is 36.2. The summed E-state index contributed by atoms with van der Waals surface area (Å²) in [5, 5.41) is 9.79. The number of nitrogens with one attached hydrogen (secondary N) is 2. The first-order valence-electron chi connectivity index (χ1n) is 9.85. The van der Waals surface area contributed by atoms with E-state index in [1.165, 1.54) is 12.1 Å². The molecule has 4 aromatic rings. The summed E-state index contributed by atoms with van der Waals surface area (Å²) in [4.78, 5) is 3.08. The standard InChI is InChI=1S/C21H21Cl2N5O3S/c1-4-28-20(13(3)27-32(29,30)19-9-12(2)16(22)11-17(19)23)25-26-21(28)31-15-6-5-14-7-8-24-18(14)10-15/h5-11,13,24,27H,4H2,1-3H3/t13-/m1/s1. The first-order valence-corrected chi connectivity index (χ1v) is 12.1. The second-order valence-electron chi connectivity index (χ2n) is 7.29. The van der Waals surface area contributed by atoms with E-state index in [2.05, 4.69) is 19.9 Å². The van der Waals surface area contributed by atoms with Gasteiger partial charge in [-0.15, -0.1) is 5.10 Å². The zero-order chi connectivity index (χ0) is 23.0. The third-order valence-electron chi connectivity index (χ3n) is 5.02. The Kier molecular flexibility index (Phi) is 6.17. The number of ether oxygens (including phenoxy) is 1. The van der Waals surface area contributed by atoms with Crippen molar-refractivity contribution in [2.75, 3.05) is 0 Å². The smallest absolute Gasteiger partial charge is 0.322 e. The molecule has 2 aromatic carbocycles. The molecular weight excluding hydrogens is 473 g/mol. The van der Waals surface area contributed by atoms with Crippen LogP contribution in [0.25, 0.3) is 10.9 Å². The summed E-state index contributed by atoms with van der Waals surface area (Å²) in [5.41, 5.74) is 1.54. The lowest BCUT2D eigenvalue weighted by atomic mass is 10.2. The maximum absolute atomic E-state index is 13.0. The van der Waals surface area contributed by atoms with E-state index in [-0.39, 0.29) is 15.9 Å². The monoisotopic (exact) mass is 493 g/mol. The molecule has 1 atom stereocenters. The van der Waals surface area contributed by atoms with E-state index in [0.29, 0.717) is 28.7 Å². The fourth-order valence-corrected chi connectivity index (χ4v) is 5.41. The number of fused-ring (bicyclic) bond motifs is 1. The number of aryl methyl sites for hydroxylation is 1. The van der Waals surface area contributed by atoms with Crippen LogP contribution in [0.3, 0.4) is 0 Å². The Morgan fingerprint density at radius 1 is 1.16 bits per heavy atom. The van der Waals surface area contributed by atoms with Crippen LogP contribution in [-0.4, -0.2) is 28.2 Å². The van der Waals surface area contributed by atoms with E-state index < -0.39 is 16.1 Å². The van der Waals surface area contributed by atoms with Crippen LogP contribution in [0, 0.1) is 6.92 Å². The van der Waals surface area contributed by atoms with Crippen molar-refractivity contribution in [1.82, 2.24) is 24.5 Å². The Labute approximate surface area is 195 Å². The SMILES string of the molecule is CCn1c(Oc2ccc3cc[nH]c3c2)nnc1[C@@H](C)NS(=O)(=O)c1cc(C)c(Cl)cc1Cl. The number of sulfonamides is 1. The zero-order valence-corrected chi connectivity index (χ0v) is 19.9. The average Bonchev–Trinajstić information content (AvgIpc) is 3.36. The third kappa shape index (κ3) is 4.33. The number of aromatic nitrogens is 4. The molecule has 0 aliphatic heterocycles. The molecule has 0 saturated heterocycles. The van der Waals surface area contributed by atoms with Crippen molar-refractivity contribution < 1.29 is 13.2 Å². The van der Waals surface area contributed by atoms with E-state index in [1.54, 1.807) is 18.4 Å². The first kappa shape index (κ1) is 22.6. The second kappa shape index (κ2) is 8.74. The van der Waals surface area contributed by atoms with Crippen LogP contribution in [0.15, 0.2) is 47.5 Å². The summed E-state index contributed by atoms with van der Waals surface area (Å²) >= 11 is 12.2. The fraction of sp³-hybridized carbons (Fsp3) is 0.238. The maximum atomic E-state index is 13.0. The predicted octanol–water partition coefficient (Wildman–Crippen LogP) is 5.23. The topological polar surface area (TPSA) is 102 Å². The number of hydrogen-bond acceptors (Lipinski definition) is 5. The number of nitrogens with zero attached hydrogens (tertiary/aromatic N) is 3. The highest BCUT2D eigenvalue weighted by molar-refractivity contribution is 7.89. The molecule has 11 heteroatoms. The van der Waals surface area contributed by atoms with Gasteiger partial charge in [0.15, 0.2) is 5.82 Å². The van der Waals surface area contributed by atoms with Gasteiger partial charge in [0.05, 0.1) is 11.1 Å². The molecule has 0 bridgehead atoms. The van der Waals surface area contributed by atoms with Gasteiger partial charge in [0, 0.05) is 29.3 Å². The number of rotatable bonds is 7. The van der Waals surface area contributed by atoms with Crippen LogP contribution < -0.4 is 9.46 Å². The highest BCUT2D eigenvalue weighted by atomic mass is 35.5. The molecule has 4 rings (SSSR count).